The number of anilines is 1. The molecule has 2 rings (SSSR count). The van der Waals surface area contributed by atoms with Crippen molar-refractivity contribution in [3.63, 3.8) is 0 Å². The maximum atomic E-state index is 12.4. The second-order valence-electron chi connectivity index (χ2n) is 5.09. The van der Waals surface area contributed by atoms with Crippen molar-refractivity contribution < 1.29 is 9.53 Å². The summed E-state index contributed by atoms with van der Waals surface area (Å²) in [7, 11) is 0. The quantitative estimate of drug-likeness (QED) is 0.731. The lowest BCUT2D eigenvalue weighted by molar-refractivity contribution is -0.122. The first kappa shape index (κ1) is 17.7. The van der Waals surface area contributed by atoms with E-state index in [4.69, 9.17) is 16.3 Å². The first-order valence-corrected chi connectivity index (χ1v) is 8.83. The summed E-state index contributed by atoms with van der Waals surface area (Å²) >= 11 is 7.69. The molecule has 0 saturated heterocycles. The molecule has 3 nitrogen and oxygen atoms in total. The van der Waals surface area contributed by atoms with Crippen molar-refractivity contribution in [2.45, 2.75) is 31.8 Å². The van der Waals surface area contributed by atoms with Gasteiger partial charge in [0, 0.05) is 9.92 Å². The number of ether oxygens (including phenoxy) is 1. The molecule has 0 aliphatic heterocycles. The Kier molecular flexibility index (Phi) is 6.37. The van der Waals surface area contributed by atoms with Crippen LogP contribution in [0.3, 0.4) is 0 Å². The zero-order valence-electron chi connectivity index (χ0n) is 13.4. The van der Waals surface area contributed by atoms with Crippen LogP contribution >= 0.6 is 23.4 Å². The van der Waals surface area contributed by atoms with Crippen molar-refractivity contribution in [1.82, 2.24) is 0 Å². The molecule has 0 fully saturated rings. The first-order valence-electron chi connectivity index (χ1n) is 7.46. The fourth-order valence-electron chi connectivity index (χ4n) is 2.03. The van der Waals surface area contributed by atoms with Crippen molar-refractivity contribution >= 4 is 35.0 Å². The van der Waals surface area contributed by atoms with Crippen LogP contribution in [0.1, 0.15) is 19.4 Å². The summed E-state index contributed by atoms with van der Waals surface area (Å²) in [4.78, 5) is 13.4. The number of nitrogens with one attached hydrogen (secondary N) is 1. The number of hydrogen-bond donors (Lipinski definition) is 1. The Labute approximate surface area is 146 Å². The van der Waals surface area contributed by atoms with Crippen molar-refractivity contribution in [2.24, 2.45) is 0 Å². The predicted molar refractivity (Wildman–Crippen MR) is 97.7 cm³/mol. The number of carbonyl (C=O) groups is 1. The monoisotopic (exact) mass is 349 g/mol. The Morgan fingerprint density at radius 3 is 2.74 bits per heavy atom. The van der Waals surface area contributed by atoms with Crippen LogP contribution in [0.4, 0.5) is 5.69 Å². The molecule has 1 N–H and O–H groups in total. The van der Waals surface area contributed by atoms with Crippen LogP contribution in [0, 0.1) is 6.92 Å². The smallest absolute Gasteiger partial charge is 0.265 e. The number of rotatable bonds is 6. The molecule has 0 saturated carbocycles. The van der Waals surface area contributed by atoms with Gasteiger partial charge < -0.3 is 10.1 Å². The molecule has 23 heavy (non-hydrogen) atoms. The summed E-state index contributed by atoms with van der Waals surface area (Å²) in [6.07, 6.45) is -0.602. The summed E-state index contributed by atoms with van der Waals surface area (Å²) in [5.74, 6) is 1.40. The Morgan fingerprint density at radius 2 is 2.04 bits per heavy atom. The number of para-hydroxylation sites is 1. The Hall–Kier alpha value is -1.65. The van der Waals surface area contributed by atoms with E-state index in [1.54, 1.807) is 30.8 Å². The summed E-state index contributed by atoms with van der Waals surface area (Å²) < 4.78 is 5.71. The fourth-order valence-corrected chi connectivity index (χ4v) is 2.91. The van der Waals surface area contributed by atoms with Gasteiger partial charge in [0.05, 0.1) is 5.69 Å². The van der Waals surface area contributed by atoms with Gasteiger partial charge in [0.2, 0.25) is 0 Å². The van der Waals surface area contributed by atoms with Crippen molar-refractivity contribution in [2.75, 3.05) is 11.1 Å². The average Bonchev–Trinajstić information content (AvgIpc) is 2.53. The van der Waals surface area contributed by atoms with E-state index >= 15 is 0 Å². The van der Waals surface area contributed by atoms with Crippen LogP contribution in [0.2, 0.25) is 5.02 Å². The van der Waals surface area contributed by atoms with Crippen LogP contribution in [-0.2, 0) is 4.79 Å². The third kappa shape index (κ3) is 4.91. The molecule has 0 aromatic heterocycles. The van der Waals surface area contributed by atoms with Gasteiger partial charge in [-0.2, -0.15) is 0 Å². The molecule has 1 atom stereocenters. The van der Waals surface area contributed by atoms with Crippen molar-refractivity contribution in [3.8, 4) is 5.75 Å². The molecule has 5 heteroatoms. The van der Waals surface area contributed by atoms with Crippen LogP contribution in [-0.4, -0.2) is 17.8 Å². The van der Waals surface area contributed by atoms with Gasteiger partial charge in [-0.3, -0.25) is 4.79 Å². The van der Waals surface area contributed by atoms with Gasteiger partial charge in [-0.05, 0) is 55.5 Å². The molecule has 0 aliphatic carbocycles. The van der Waals surface area contributed by atoms with Gasteiger partial charge in [0.1, 0.15) is 5.75 Å². The lowest BCUT2D eigenvalue weighted by Crippen LogP contribution is -2.30. The third-order valence-electron chi connectivity index (χ3n) is 3.26. The molecule has 122 valence electrons. The van der Waals surface area contributed by atoms with E-state index in [2.05, 4.69) is 12.2 Å². The maximum absolute atomic E-state index is 12.4. The second kappa shape index (κ2) is 8.27. The highest BCUT2D eigenvalue weighted by Gasteiger charge is 2.16. The van der Waals surface area contributed by atoms with Gasteiger partial charge in [0.25, 0.3) is 5.91 Å². The number of benzene rings is 2. The topological polar surface area (TPSA) is 38.3 Å². The molecule has 0 heterocycles. The third-order valence-corrected chi connectivity index (χ3v) is 4.64. The SMILES string of the molecule is CCSc1ccccc1NC(=O)C(C)Oc1ccc(Cl)c(C)c1. The minimum atomic E-state index is -0.602. The zero-order valence-corrected chi connectivity index (χ0v) is 15.0. The highest BCUT2D eigenvalue weighted by molar-refractivity contribution is 7.99. The highest BCUT2D eigenvalue weighted by Crippen LogP contribution is 2.27. The van der Waals surface area contributed by atoms with E-state index in [0.717, 1.165) is 21.9 Å². The number of hydrogen-bond acceptors (Lipinski definition) is 3. The summed E-state index contributed by atoms with van der Waals surface area (Å²) in [5.41, 5.74) is 1.73. The molecule has 0 spiro atoms. The standard InChI is InChI=1S/C18H20ClNO2S/c1-4-23-17-8-6-5-7-16(17)20-18(21)13(3)22-14-9-10-15(19)12(2)11-14/h5-11,13H,4H2,1-3H3,(H,20,21). The Morgan fingerprint density at radius 1 is 1.30 bits per heavy atom. The largest absolute Gasteiger partial charge is 0.481 e. The van der Waals surface area contributed by atoms with Crippen LogP contribution in [0.25, 0.3) is 0 Å². The van der Waals surface area contributed by atoms with E-state index in [1.165, 1.54) is 0 Å². The molecular formula is C18H20ClNO2S. The number of halogens is 1. The molecule has 1 unspecified atom stereocenters. The lowest BCUT2D eigenvalue weighted by Gasteiger charge is -2.16. The molecular weight excluding hydrogens is 330 g/mol. The molecule has 0 bridgehead atoms. The first-order chi connectivity index (χ1) is 11.0. The van der Waals surface area contributed by atoms with Gasteiger partial charge >= 0.3 is 0 Å². The van der Waals surface area contributed by atoms with Crippen molar-refractivity contribution in [1.29, 1.82) is 0 Å². The van der Waals surface area contributed by atoms with Crippen molar-refractivity contribution in [3.05, 3.63) is 53.1 Å². The van der Waals surface area contributed by atoms with Crippen LogP contribution in [0.5, 0.6) is 5.75 Å². The minimum Gasteiger partial charge on any atom is -0.481 e. The fraction of sp³-hybridized carbons (Fsp3) is 0.278. The lowest BCUT2D eigenvalue weighted by atomic mass is 10.2. The minimum absolute atomic E-state index is 0.179. The second-order valence-corrected chi connectivity index (χ2v) is 6.80. The Bertz CT molecular complexity index is 690. The van der Waals surface area contributed by atoms with E-state index < -0.39 is 6.10 Å². The molecule has 2 aromatic rings. The molecule has 0 aliphatic rings. The van der Waals surface area contributed by atoms with Crippen LogP contribution in [0.15, 0.2) is 47.4 Å². The number of thioether (sulfide) groups is 1. The van der Waals surface area contributed by atoms with E-state index in [-0.39, 0.29) is 5.91 Å². The normalized spacial score (nSPS) is 11.8. The van der Waals surface area contributed by atoms with Gasteiger partial charge in [-0.1, -0.05) is 30.7 Å². The van der Waals surface area contributed by atoms with Crippen LogP contribution < -0.4 is 10.1 Å². The summed E-state index contributed by atoms with van der Waals surface area (Å²) in [6, 6.07) is 13.1. The Balaban J connectivity index is 2.04. The number of aryl methyl sites for hydroxylation is 1. The number of amides is 1. The molecule has 0 radical (unpaired) electrons. The number of carbonyl (C=O) groups excluding carboxylic acids is 1. The highest BCUT2D eigenvalue weighted by atomic mass is 35.5. The summed E-state index contributed by atoms with van der Waals surface area (Å²) in [5, 5.41) is 3.61. The average molecular weight is 350 g/mol. The zero-order chi connectivity index (χ0) is 16.8. The van der Waals surface area contributed by atoms with Gasteiger partial charge in [-0.15, -0.1) is 11.8 Å². The molecule has 2 aromatic carbocycles. The van der Waals surface area contributed by atoms with E-state index in [1.807, 2.05) is 37.3 Å². The molecule has 1 amide bonds. The predicted octanol–water partition coefficient (Wildman–Crippen LogP) is 5.17. The maximum Gasteiger partial charge on any atom is 0.265 e. The van der Waals surface area contributed by atoms with E-state index in [0.29, 0.717) is 10.8 Å². The van der Waals surface area contributed by atoms with Gasteiger partial charge in [0.15, 0.2) is 6.10 Å². The van der Waals surface area contributed by atoms with E-state index in [9.17, 15) is 4.79 Å². The van der Waals surface area contributed by atoms with Gasteiger partial charge in [-0.25, -0.2) is 0 Å². The summed E-state index contributed by atoms with van der Waals surface area (Å²) in [6.45, 7) is 5.71.